The first-order valence-corrected chi connectivity index (χ1v) is 8.12. The molecule has 0 saturated heterocycles. The predicted molar refractivity (Wildman–Crippen MR) is 103 cm³/mol. The third-order valence-electron chi connectivity index (χ3n) is 3.47. The molecular formula is C16H27IN4O3. The molecule has 1 amide bonds. The zero-order valence-corrected chi connectivity index (χ0v) is 16.4. The van der Waals surface area contributed by atoms with Crippen LogP contribution in [0.4, 0.5) is 0 Å². The summed E-state index contributed by atoms with van der Waals surface area (Å²) in [5, 5.41) is 9.28. The van der Waals surface area contributed by atoms with E-state index >= 15 is 0 Å². The molecule has 3 N–H and O–H groups in total. The van der Waals surface area contributed by atoms with E-state index in [1.165, 1.54) is 0 Å². The number of ether oxygens (including phenoxy) is 1. The highest BCUT2D eigenvalue weighted by Crippen LogP contribution is 2.28. The first-order valence-electron chi connectivity index (χ1n) is 8.12. The van der Waals surface area contributed by atoms with Crippen molar-refractivity contribution in [3.63, 3.8) is 0 Å². The van der Waals surface area contributed by atoms with Crippen LogP contribution >= 0.6 is 24.0 Å². The van der Waals surface area contributed by atoms with Gasteiger partial charge < -0.3 is 25.1 Å². The van der Waals surface area contributed by atoms with E-state index in [1.807, 2.05) is 12.1 Å². The zero-order chi connectivity index (χ0) is 16.3. The number of guanidine groups is 1. The lowest BCUT2D eigenvalue weighted by molar-refractivity contribution is -0.122. The molecule has 7 nitrogen and oxygen atoms in total. The number of hydrogen-bond acceptors (Lipinski definition) is 4. The molecule has 1 aliphatic rings. The molecule has 0 atom stereocenters. The Morgan fingerprint density at radius 3 is 2.71 bits per heavy atom. The molecule has 1 saturated carbocycles. The largest absolute Gasteiger partial charge is 0.467 e. The van der Waals surface area contributed by atoms with Gasteiger partial charge in [0.15, 0.2) is 5.96 Å². The fraction of sp³-hybridized carbons (Fsp3) is 0.625. The van der Waals surface area contributed by atoms with Gasteiger partial charge in [0.25, 0.3) is 0 Å². The fourth-order valence-electron chi connectivity index (χ4n) is 2.03. The Balaban J connectivity index is 0.00000288. The molecule has 8 heteroatoms. The summed E-state index contributed by atoms with van der Waals surface area (Å²) in [6.07, 6.45) is 4.58. The van der Waals surface area contributed by atoms with E-state index in [2.05, 4.69) is 20.9 Å². The molecule has 0 bridgehead atoms. The van der Waals surface area contributed by atoms with Crippen LogP contribution in [0.25, 0.3) is 0 Å². The minimum atomic E-state index is 0. The van der Waals surface area contributed by atoms with Crippen molar-refractivity contribution in [1.29, 1.82) is 0 Å². The molecule has 0 unspecified atom stereocenters. The van der Waals surface area contributed by atoms with E-state index in [9.17, 15) is 4.79 Å². The Kier molecular flexibility index (Phi) is 10.5. The van der Waals surface area contributed by atoms with Gasteiger partial charge in [-0.15, -0.1) is 24.0 Å². The molecular weight excluding hydrogens is 423 g/mol. The summed E-state index contributed by atoms with van der Waals surface area (Å²) in [6.45, 7) is 3.20. The second-order valence-electron chi connectivity index (χ2n) is 5.48. The molecule has 0 spiro atoms. The smallest absolute Gasteiger partial charge is 0.223 e. The first kappa shape index (κ1) is 20.8. The number of hydrogen-bond donors (Lipinski definition) is 3. The summed E-state index contributed by atoms with van der Waals surface area (Å²) in [5.74, 6) is 2.00. The number of aliphatic imine (C=N–C) groups is 1. The minimum absolute atomic E-state index is 0. The molecule has 0 aliphatic heterocycles. The Labute approximate surface area is 160 Å². The highest BCUT2D eigenvalue weighted by molar-refractivity contribution is 14.0. The predicted octanol–water partition coefficient (Wildman–Crippen LogP) is 1.50. The SMILES string of the molecule is CN=C(NCCCOCc1ccco1)NCCNC(=O)C1CC1.I. The summed E-state index contributed by atoms with van der Waals surface area (Å²) >= 11 is 0. The third-order valence-corrected chi connectivity index (χ3v) is 3.47. The maximum Gasteiger partial charge on any atom is 0.223 e. The van der Waals surface area contributed by atoms with Gasteiger partial charge >= 0.3 is 0 Å². The molecule has 1 heterocycles. The Hall–Kier alpha value is -1.29. The lowest BCUT2D eigenvalue weighted by atomic mass is 10.4. The van der Waals surface area contributed by atoms with Gasteiger partial charge in [0.2, 0.25) is 5.91 Å². The van der Waals surface area contributed by atoms with Crippen molar-refractivity contribution in [2.45, 2.75) is 25.9 Å². The van der Waals surface area contributed by atoms with Gasteiger partial charge in [-0.2, -0.15) is 0 Å². The van der Waals surface area contributed by atoms with Gasteiger partial charge in [-0.3, -0.25) is 9.79 Å². The van der Waals surface area contributed by atoms with E-state index in [1.54, 1.807) is 13.3 Å². The van der Waals surface area contributed by atoms with Gasteiger partial charge in [0.1, 0.15) is 12.4 Å². The van der Waals surface area contributed by atoms with Crippen molar-refractivity contribution < 1.29 is 13.9 Å². The van der Waals surface area contributed by atoms with Crippen molar-refractivity contribution in [2.75, 3.05) is 33.3 Å². The second-order valence-corrected chi connectivity index (χ2v) is 5.48. The summed E-state index contributed by atoms with van der Waals surface area (Å²) in [6, 6.07) is 3.75. The van der Waals surface area contributed by atoms with Gasteiger partial charge in [-0.1, -0.05) is 0 Å². The molecule has 1 aromatic heterocycles. The number of carbonyl (C=O) groups is 1. The average molecular weight is 450 g/mol. The number of amides is 1. The van der Waals surface area contributed by atoms with Crippen LogP contribution in [0.1, 0.15) is 25.0 Å². The van der Waals surface area contributed by atoms with E-state index in [0.29, 0.717) is 26.3 Å². The number of furan rings is 1. The van der Waals surface area contributed by atoms with Crippen LogP contribution in [0.3, 0.4) is 0 Å². The van der Waals surface area contributed by atoms with Crippen LogP contribution in [0.15, 0.2) is 27.8 Å². The monoisotopic (exact) mass is 450 g/mol. The van der Waals surface area contributed by atoms with Crippen LogP contribution < -0.4 is 16.0 Å². The summed E-state index contributed by atoms with van der Waals surface area (Å²) in [7, 11) is 1.73. The Bertz CT molecular complexity index is 490. The van der Waals surface area contributed by atoms with Crippen LogP contribution in [-0.4, -0.2) is 45.2 Å². The second kappa shape index (κ2) is 12.1. The van der Waals surface area contributed by atoms with Crippen molar-refractivity contribution in [1.82, 2.24) is 16.0 Å². The Morgan fingerprint density at radius 2 is 2.04 bits per heavy atom. The van der Waals surface area contributed by atoms with Crippen LogP contribution in [0.2, 0.25) is 0 Å². The first-order chi connectivity index (χ1) is 11.3. The highest BCUT2D eigenvalue weighted by atomic mass is 127. The molecule has 2 rings (SSSR count). The average Bonchev–Trinajstić information content (AvgIpc) is 3.29. The fourth-order valence-corrected chi connectivity index (χ4v) is 2.03. The molecule has 1 aromatic rings. The molecule has 0 aromatic carbocycles. The van der Waals surface area contributed by atoms with Crippen molar-refractivity contribution >= 4 is 35.8 Å². The van der Waals surface area contributed by atoms with Crippen molar-refractivity contribution in [3.05, 3.63) is 24.2 Å². The van der Waals surface area contributed by atoms with E-state index in [-0.39, 0.29) is 35.8 Å². The van der Waals surface area contributed by atoms with Crippen molar-refractivity contribution in [2.24, 2.45) is 10.9 Å². The number of nitrogens with zero attached hydrogens (tertiary/aromatic N) is 1. The third kappa shape index (κ3) is 8.53. The molecule has 1 aliphatic carbocycles. The molecule has 136 valence electrons. The van der Waals surface area contributed by atoms with Crippen LogP contribution in [-0.2, 0) is 16.1 Å². The van der Waals surface area contributed by atoms with Crippen LogP contribution in [0.5, 0.6) is 0 Å². The van der Waals surface area contributed by atoms with E-state index < -0.39 is 0 Å². The topological polar surface area (TPSA) is 87.9 Å². The van der Waals surface area contributed by atoms with Crippen molar-refractivity contribution in [3.8, 4) is 0 Å². The molecule has 24 heavy (non-hydrogen) atoms. The standard InChI is InChI=1S/C16H26N4O3.HI/c1-17-16(20-9-8-18-15(21)13-5-6-13)19-7-3-10-22-12-14-4-2-11-23-14;/h2,4,11,13H,3,5-10,12H2,1H3,(H,18,21)(H2,17,19,20);1H. The maximum absolute atomic E-state index is 11.5. The lowest BCUT2D eigenvalue weighted by Crippen LogP contribution is -2.42. The normalized spacial score (nSPS) is 14.0. The Morgan fingerprint density at radius 1 is 1.29 bits per heavy atom. The lowest BCUT2D eigenvalue weighted by Gasteiger charge is -2.12. The van der Waals surface area contributed by atoms with E-state index in [0.717, 1.165) is 37.5 Å². The van der Waals surface area contributed by atoms with Gasteiger partial charge in [-0.25, -0.2) is 0 Å². The van der Waals surface area contributed by atoms with Gasteiger partial charge in [0, 0.05) is 39.2 Å². The quantitative estimate of drug-likeness (QED) is 0.218. The van der Waals surface area contributed by atoms with Gasteiger partial charge in [-0.05, 0) is 31.4 Å². The molecule has 0 radical (unpaired) electrons. The summed E-state index contributed by atoms with van der Waals surface area (Å²) in [5.41, 5.74) is 0. The van der Waals surface area contributed by atoms with Gasteiger partial charge in [0.05, 0.1) is 6.26 Å². The number of carbonyl (C=O) groups excluding carboxylic acids is 1. The minimum Gasteiger partial charge on any atom is -0.467 e. The number of rotatable bonds is 10. The molecule has 1 fully saturated rings. The maximum atomic E-state index is 11.5. The summed E-state index contributed by atoms with van der Waals surface area (Å²) in [4.78, 5) is 15.6. The summed E-state index contributed by atoms with van der Waals surface area (Å²) < 4.78 is 10.7. The number of halogens is 1. The highest BCUT2D eigenvalue weighted by Gasteiger charge is 2.28. The number of nitrogens with one attached hydrogen (secondary N) is 3. The van der Waals surface area contributed by atoms with Crippen LogP contribution in [0, 0.1) is 5.92 Å². The zero-order valence-electron chi connectivity index (χ0n) is 14.0. The van der Waals surface area contributed by atoms with E-state index in [4.69, 9.17) is 9.15 Å².